The van der Waals surface area contributed by atoms with Gasteiger partial charge in [-0.3, -0.25) is 4.79 Å². The molecular formula is C19H18O5. The van der Waals surface area contributed by atoms with Gasteiger partial charge >= 0.3 is 5.97 Å². The van der Waals surface area contributed by atoms with E-state index in [0.29, 0.717) is 17.7 Å². The van der Waals surface area contributed by atoms with Crippen LogP contribution in [0.4, 0.5) is 0 Å². The zero-order chi connectivity index (χ0) is 17.5. The van der Waals surface area contributed by atoms with E-state index in [-0.39, 0.29) is 29.3 Å². The molecule has 0 heterocycles. The van der Waals surface area contributed by atoms with E-state index in [2.05, 4.69) is 0 Å². The van der Waals surface area contributed by atoms with Gasteiger partial charge in [-0.1, -0.05) is 36.4 Å². The van der Waals surface area contributed by atoms with Crippen LogP contribution in [0.15, 0.2) is 60.2 Å². The Labute approximate surface area is 139 Å². The van der Waals surface area contributed by atoms with Crippen LogP contribution in [-0.4, -0.2) is 28.6 Å². The van der Waals surface area contributed by atoms with Crippen molar-refractivity contribution in [2.75, 3.05) is 6.61 Å². The fourth-order valence-corrected chi connectivity index (χ4v) is 2.08. The Hall–Kier alpha value is -3.08. The number of benzene rings is 2. The Kier molecular flexibility index (Phi) is 5.73. The van der Waals surface area contributed by atoms with Crippen molar-refractivity contribution in [3.05, 3.63) is 71.3 Å². The molecule has 5 nitrogen and oxygen atoms in total. The predicted octanol–water partition coefficient (Wildman–Crippen LogP) is 3.42. The van der Waals surface area contributed by atoms with Crippen LogP contribution in [0, 0.1) is 0 Å². The molecule has 0 amide bonds. The van der Waals surface area contributed by atoms with Gasteiger partial charge in [0.2, 0.25) is 0 Å². The van der Waals surface area contributed by atoms with Gasteiger partial charge in [0.1, 0.15) is 11.5 Å². The maximum atomic E-state index is 12.3. The highest BCUT2D eigenvalue weighted by molar-refractivity contribution is 6.10. The van der Waals surface area contributed by atoms with Crippen LogP contribution >= 0.6 is 0 Å². The molecule has 0 saturated carbocycles. The number of phenols is 1. The van der Waals surface area contributed by atoms with Crippen molar-refractivity contribution >= 4 is 11.8 Å². The molecular weight excluding hydrogens is 308 g/mol. The molecule has 124 valence electrons. The van der Waals surface area contributed by atoms with Gasteiger partial charge in [-0.05, 0) is 19.1 Å². The largest absolute Gasteiger partial charge is 0.507 e. The molecule has 0 aliphatic carbocycles. The third-order valence-electron chi connectivity index (χ3n) is 3.42. The standard InChI is InChI=1S/C19H18O5/c1-13(19(22)23)6-5-11-24-15-9-10-16(17(20)12-15)18(21)14-7-3-2-4-8-14/h2-4,6-10,12,20H,5,11H2,1H3,(H,22,23). The van der Waals surface area contributed by atoms with Gasteiger partial charge in [0, 0.05) is 23.6 Å². The lowest BCUT2D eigenvalue weighted by molar-refractivity contribution is -0.132. The number of ketones is 1. The number of carbonyl (C=O) groups excluding carboxylic acids is 1. The Morgan fingerprint density at radius 3 is 2.46 bits per heavy atom. The van der Waals surface area contributed by atoms with Gasteiger partial charge in [-0.25, -0.2) is 4.79 Å². The van der Waals surface area contributed by atoms with Crippen LogP contribution in [0.3, 0.4) is 0 Å². The Morgan fingerprint density at radius 2 is 1.83 bits per heavy atom. The van der Waals surface area contributed by atoms with E-state index in [1.165, 1.54) is 19.1 Å². The van der Waals surface area contributed by atoms with Crippen LogP contribution in [0.5, 0.6) is 11.5 Å². The summed E-state index contributed by atoms with van der Waals surface area (Å²) in [4.78, 5) is 23.0. The Bertz CT molecular complexity index is 763. The summed E-state index contributed by atoms with van der Waals surface area (Å²) in [6.07, 6.45) is 2.00. The lowest BCUT2D eigenvalue weighted by Gasteiger charge is -2.08. The highest BCUT2D eigenvalue weighted by Crippen LogP contribution is 2.26. The normalized spacial score (nSPS) is 11.1. The minimum absolute atomic E-state index is 0.154. The lowest BCUT2D eigenvalue weighted by atomic mass is 10.0. The van der Waals surface area contributed by atoms with Crippen LogP contribution in [0.25, 0.3) is 0 Å². The van der Waals surface area contributed by atoms with Gasteiger partial charge < -0.3 is 14.9 Å². The molecule has 0 atom stereocenters. The van der Waals surface area contributed by atoms with Gasteiger partial charge in [-0.15, -0.1) is 0 Å². The van der Waals surface area contributed by atoms with E-state index in [1.54, 1.807) is 36.4 Å². The highest BCUT2D eigenvalue weighted by atomic mass is 16.5. The van der Waals surface area contributed by atoms with Gasteiger partial charge in [0.15, 0.2) is 5.78 Å². The first-order chi connectivity index (χ1) is 11.5. The van der Waals surface area contributed by atoms with Crippen molar-refractivity contribution in [3.8, 4) is 11.5 Å². The minimum Gasteiger partial charge on any atom is -0.507 e. The SMILES string of the molecule is CC(=CCCOc1ccc(C(=O)c2ccccc2)c(O)c1)C(=O)O. The molecule has 2 aromatic carbocycles. The van der Waals surface area contributed by atoms with Crippen molar-refractivity contribution in [1.29, 1.82) is 0 Å². The molecule has 0 saturated heterocycles. The number of hydrogen-bond acceptors (Lipinski definition) is 4. The topological polar surface area (TPSA) is 83.8 Å². The van der Waals surface area contributed by atoms with Gasteiger partial charge in [0.25, 0.3) is 0 Å². The molecule has 24 heavy (non-hydrogen) atoms. The third-order valence-corrected chi connectivity index (χ3v) is 3.42. The second-order valence-electron chi connectivity index (χ2n) is 5.20. The zero-order valence-electron chi connectivity index (χ0n) is 13.2. The minimum atomic E-state index is -0.962. The van der Waals surface area contributed by atoms with E-state index in [9.17, 15) is 14.7 Å². The number of rotatable bonds is 7. The fourth-order valence-electron chi connectivity index (χ4n) is 2.08. The quantitative estimate of drug-likeness (QED) is 0.463. The molecule has 0 aromatic heterocycles. The van der Waals surface area contributed by atoms with Crippen molar-refractivity contribution in [2.45, 2.75) is 13.3 Å². The van der Waals surface area contributed by atoms with E-state index in [4.69, 9.17) is 9.84 Å². The van der Waals surface area contributed by atoms with E-state index in [0.717, 1.165) is 0 Å². The van der Waals surface area contributed by atoms with Crippen LogP contribution in [0.1, 0.15) is 29.3 Å². The molecule has 0 aliphatic rings. The second-order valence-corrected chi connectivity index (χ2v) is 5.20. The molecule has 2 N–H and O–H groups in total. The first-order valence-corrected chi connectivity index (χ1v) is 7.44. The average Bonchev–Trinajstić information content (AvgIpc) is 2.58. The summed E-state index contributed by atoms with van der Waals surface area (Å²) in [5.74, 6) is -0.965. The lowest BCUT2D eigenvalue weighted by Crippen LogP contribution is -2.03. The van der Waals surface area contributed by atoms with E-state index in [1.807, 2.05) is 6.07 Å². The Balaban J connectivity index is 2.01. The molecule has 0 radical (unpaired) electrons. The molecule has 2 rings (SSSR count). The number of phenolic OH excluding ortho intramolecular Hbond substituents is 1. The summed E-state index contributed by atoms with van der Waals surface area (Å²) in [6, 6.07) is 13.2. The van der Waals surface area contributed by atoms with Crippen molar-refractivity contribution in [3.63, 3.8) is 0 Å². The monoisotopic (exact) mass is 326 g/mol. The number of carboxylic acids is 1. The third kappa shape index (κ3) is 4.46. The molecule has 0 bridgehead atoms. The van der Waals surface area contributed by atoms with Crippen LogP contribution in [-0.2, 0) is 4.79 Å². The number of aromatic hydroxyl groups is 1. The maximum absolute atomic E-state index is 12.3. The predicted molar refractivity (Wildman–Crippen MR) is 89.5 cm³/mol. The summed E-state index contributed by atoms with van der Waals surface area (Å²) in [5.41, 5.74) is 0.955. The Morgan fingerprint density at radius 1 is 1.12 bits per heavy atom. The molecule has 0 spiro atoms. The summed E-state index contributed by atoms with van der Waals surface area (Å²) in [6.45, 7) is 1.79. The maximum Gasteiger partial charge on any atom is 0.330 e. The van der Waals surface area contributed by atoms with Gasteiger partial charge in [0.05, 0.1) is 12.2 Å². The summed E-state index contributed by atoms with van der Waals surface area (Å²) in [7, 11) is 0. The number of carboxylic acid groups (broad SMARTS) is 1. The zero-order valence-corrected chi connectivity index (χ0v) is 13.2. The van der Waals surface area contributed by atoms with Crippen LogP contribution < -0.4 is 4.74 Å². The molecule has 0 unspecified atom stereocenters. The van der Waals surface area contributed by atoms with Crippen LogP contribution in [0.2, 0.25) is 0 Å². The number of hydrogen-bond donors (Lipinski definition) is 2. The smallest absolute Gasteiger partial charge is 0.330 e. The van der Waals surface area contributed by atoms with Gasteiger partial charge in [-0.2, -0.15) is 0 Å². The first-order valence-electron chi connectivity index (χ1n) is 7.44. The number of ether oxygens (including phenoxy) is 1. The van der Waals surface area contributed by atoms with Crippen molar-refractivity contribution < 1.29 is 24.5 Å². The first kappa shape index (κ1) is 17.3. The summed E-state index contributed by atoms with van der Waals surface area (Å²) in [5, 5.41) is 18.8. The van der Waals surface area contributed by atoms with E-state index < -0.39 is 5.97 Å². The van der Waals surface area contributed by atoms with Crippen molar-refractivity contribution in [2.24, 2.45) is 0 Å². The fraction of sp³-hybridized carbons (Fsp3) is 0.158. The number of aliphatic carboxylic acids is 1. The van der Waals surface area contributed by atoms with E-state index >= 15 is 0 Å². The molecule has 2 aromatic rings. The summed E-state index contributed by atoms with van der Waals surface area (Å²) >= 11 is 0. The second kappa shape index (κ2) is 7.97. The average molecular weight is 326 g/mol. The highest BCUT2D eigenvalue weighted by Gasteiger charge is 2.13. The molecule has 0 aliphatic heterocycles. The number of carbonyl (C=O) groups is 2. The van der Waals surface area contributed by atoms with Crippen molar-refractivity contribution in [1.82, 2.24) is 0 Å². The molecule has 5 heteroatoms. The molecule has 0 fully saturated rings. The summed E-state index contributed by atoms with van der Waals surface area (Å²) < 4.78 is 5.45.